The van der Waals surface area contributed by atoms with Gasteiger partial charge in [-0.1, -0.05) is 15.9 Å². The number of halogens is 1. The maximum Gasteiger partial charge on any atom is 0.292 e. The van der Waals surface area contributed by atoms with Crippen LogP contribution in [0.5, 0.6) is 0 Å². The number of anilines is 1. The normalized spacial score (nSPS) is 11.3. The minimum atomic E-state index is -0.324. The van der Waals surface area contributed by atoms with Crippen molar-refractivity contribution in [3.8, 4) is 0 Å². The van der Waals surface area contributed by atoms with Gasteiger partial charge in [-0.3, -0.25) is 9.89 Å². The van der Waals surface area contributed by atoms with E-state index in [2.05, 4.69) is 31.4 Å². The molecular formula is C15H15BrN4O2. The van der Waals surface area contributed by atoms with Crippen molar-refractivity contribution in [2.75, 3.05) is 19.4 Å². The fourth-order valence-corrected chi connectivity index (χ4v) is 2.53. The van der Waals surface area contributed by atoms with Crippen LogP contribution < -0.4 is 5.32 Å². The molecule has 1 amide bonds. The molecule has 0 saturated carbocycles. The summed E-state index contributed by atoms with van der Waals surface area (Å²) in [6.45, 7) is 0.724. The lowest BCUT2D eigenvalue weighted by atomic mass is 10.2. The minimum absolute atomic E-state index is 0.255. The number of carbonyl (C=O) groups excluding carboxylic acids is 1. The predicted molar refractivity (Wildman–Crippen MR) is 87.8 cm³/mol. The van der Waals surface area contributed by atoms with Crippen LogP contribution in [0.15, 0.2) is 39.2 Å². The third kappa shape index (κ3) is 3.20. The summed E-state index contributed by atoms with van der Waals surface area (Å²) in [6, 6.07) is 9.11. The molecule has 2 heterocycles. The largest absolute Gasteiger partial charge is 0.451 e. The number of hydrogen-bond acceptors (Lipinski definition) is 4. The summed E-state index contributed by atoms with van der Waals surface area (Å²) in [5.74, 6) is 0.406. The number of benzene rings is 1. The van der Waals surface area contributed by atoms with Crippen molar-refractivity contribution in [1.29, 1.82) is 0 Å². The number of nitrogens with zero attached hydrogens (tertiary/aromatic N) is 2. The van der Waals surface area contributed by atoms with E-state index in [0.29, 0.717) is 11.4 Å². The maximum absolute atomic E-state index is 12.2. The van der Waals surface area contributed by atoms with E-state index in [1.54, 1.807) is 12.1 Å². The molecule has 1 aromatic carbocycles. The van der Waals surface area contributed by atoms with Crippen molar-refractivity contribution in [3.05, 3.63) is 46.3 Å². The number of fused-ring (bicyclic) bond motifs is 1. The van der Waals surface area contributed by atoms with E-state index in [0.717, 1.165) is 22.1 Å². The van der Waals surface area contributed by atoms with Gasteiger partial charge in [0.1, 0.15) is 5.58 Å². The second-order valence-electron chi connectivity index (χ2n) is 5.26. The molecule has 0 aliphatic heterocycles. The summed E-state index contributed by atoms with van der Waals surface area (Å²) in [5.41, 5.74) is 1.59. The molecule has 7 heteroatoms. The van der Waals surface area contributed by atoms with Crippen LogP contribution in [-0.4, -0.2) is 35.1 Å². The molecule has 0 aliphatic rings. The van der Waals surface area contributed by atoms with Crippen LogP contribution >= 0.6 is 15.9 Å². The molecule has 0 bridgehead atoms. The molecular weight excluding hydrogens is 348 g/mol. The van der Waals surface area contributed by atoms with Crippen molar-refractivity contribution >= 4 is 38.6 Å². The number of carbonyl (C=O) groups is 1. The van der Waals surface area contributed by atoms with Crippen LogP contribution in [0.4, 0.5) is 5.82 Å². The first-order valence-corrected chi connectivity index (χ1v) is 7.50. The van der Waals surface area contributed by atoms with Gasteiger partial charge in [0.25, 0.3) is 5.91 Å². The zero-order chi connectivity index (χ0) is 15.7. The van der Waals surface area contributed by atoms with Crippen molar-refractivity contribution < 1.29 is 9.21 Å². The van der Waals surface area contributed by atoms with Crippen LogP contribution in [0.25, 0.3) is 11.0 Å². The fraction of sp³-hybridized carbons (Fsp3) is 0.200. The van der Waals surface area contributed by atoms with E-state index in [1.165, 1.54) is 0 Å². The van der Waals surface area contributed by atoms with Gasteiger partial charge in [-0.25, -0.2) is 0 Å². The van der Waals surface area contributed by atoms with Gasteiger partial charge in [-0.05, 0) is 38.4 Å². The molecule has 22 heavy (non-hydrogen) atoms. The molecule has 0 aliphatic carbocycles. The van der Waals surface area contributed by atoms with Crippen LogP contribution in [0.3, 0.4) is 0 Å². The summed E-state index contributed by atoms with van der Waals surface area (Å²) in [5, 5.41) is 10.5. The van der Waals surface area contributed by atoms with Crippen molar-refractivity contribution in [2.24, 2.45) is 0 Å². The van der Waals surface area contributed by atoms with Gasteiger partial charge in [-0.15, -0.1) is 0 Å². The Bertz CT molecular complexity index is 822. The zero-order valence-electron chi connectivity index (χ0n) is 12.2. The molecule has 0 radical (unpaired) electrons. The zero-order valence-corrected chi connectivity index (χ0v) is 13.8. The summed E-state index contributed by atoms with van der Waals surface area (Å²) in [4.78, 5) is 14.2. The van der Waals surface area contributed by atoms with Crippen molar-refractivity contribution in [3.63, 3.8) is 0 Å². The lowest BCUT2D eigenvalue weighted by molar-refractivity contribution is 0.0998. The highest BCUT2D eigenvalue weighted by molar-refractivity contribution is 9.10. The second-order valence-corrected chi connectivity index (χ2v) is 6.18. The van der Waals surface area contributed by atoms with E-state index >= 15 is 0 Å². The Hall–Kier alpha value is -2.12. The number of aromatic amines is 1. The molecule has 0 unspecified atom stereocenters. The van der Waals surface area contributed by atoms with Crippen LogP contribution in [-0.2, 0) is 6.54 Å². The third-order valence-electron chi connectivity index (χ3n) is 3.06. The van der Waals surface area contributed by atoms with Gasteiger partial charge in [0, 0.05) is 22.5 Å². The Morgan fingerprint density at radius 1 is 1.36 bits per heavy atom. The van der Waals surface area contributed by atoms with Crippen LogP contribution in [0.1, 0.15) is 16.2 Å². The van der Waals surface area contributed by atoms with E-state index in [-0.39, 0.29) is 11.7 Å². The monoisotopic (exact) mass is 362 g/mol. The van der Waals surface area contributed by atoms with Gasteiger partial charge < -0.3 is 14.6 Å². The first-order valence-electron chi connectivity index (χ1n) is 6.71. The van der Waals surface area contributed by atoms with Crippen molar-refractivity contribution in [1.82, 2.24) is 15.1 Å². The molecule has 0 saturated heterocycles. The second kappa shape index (κ2) is 5.94. The third-order valence-corrected chi connectivity index (χ3v) is 3.55. The number of hydrogen-bond donors (Lipinski definition) is 2. The number of nitrogens with one attached hydrogen (secondary N) is 2. The average Bonchev–Trinajstić information content (AvgIpc) is 3.04. The number of amides is 1. The maximum atomic E-state index is 12.2. The highest BCUT2D eigenvalue weighted by Gasteiger charge is 2.14. The topological polar surface area (TPSA) is 74.2 Å². The average molecular weight is 363 g/mol. The quantitative estimate of drug-likeness (QED) is 0.747. The van der Waals surface area contributed by atoms with Gasteiger partial charge in [-0.2, -0.15) is 5.10 Å². The van der Waals surface area contributed by atoms with E-state index in [4.69, 9.17) is 4.42 Å². The lowest BCUT2D eigenvalue weighted by Gasteiger charge is -2.05. The number of furan rings is 1. The lowest BCUT2D eigenvalue weighted by Crippen LogP contribution is -2.11. The highest BCUT2D eigenvalue weighted by Crippen LogP contribution is 2.23. The molecule has 6 nitrogen and oxygen atoms in total. The molecule has 0 fully saturated rings. The first kappa shape index (κ1) is 14.8. The Morgan fingerprint density at radius 2 is 2.18 bits per heavy atom. The molecule has 114 valence electrons. The number of rotatable bonds is 4. The van der Waals surface area contributed by atoms with E-state index < -0.39 is 0 Å². The highest BCUT2D eigenvalue weighted by atomic mass is 79.9. The van der Waals surface area contributed by atoms with E-state index in [1.807, 2.05) is 37.2 Å². The summed E-state index contributed by atoms with van der Waals surface area (Å²) < 4.78 is 6.49. The van der Waals surface area contributed by atoms with Gasteiger partial charge in [0.15, 0.2) is 11.6 Å². The number of aromatic nitrogens is 2. The first-order chi connectivity index (χ1) is 10.5. The summed E-state index contributed by atoms with van der Waals surface area (Å²) >= 11 is 3.39. The predicted octanol–water partition coefficient (Wildman–Crippen LogP) is 3.23. The SMILES string of the molecule is CN(C)Cc1cc(NC(=O)c2cc3cc(Br)ccc3o2)n[nH]1. The van der Waals surface area contributed by atoms with E-state index in [9.17, 15) is 4.79 Å². The minimum Gasteiger partial charge on any atom is -0.451 e. The van der Waals surface area contributed by atoms with Gasteiger partial charge in [0.05, 0.1) is 5.69 Å². The summed E-state index contributed by atoms with van der Waals surface area (Å²) in [7, 11) is 3.93. The molecule has 0 atom stereocenters. The van der Waals surface area contributed by atoms with Crippen LogP contribution in [0.2, 0.25) is 0 Å². The Morgan fingerprint density at radius 3 is 2.95 bits per heavy atom. The molecule has 3 aromatic rings. The molecule has 3 rings (SSSR count). The standard InChI is InChI=1S/C15H15BrN4O2/c1-20(2)8-11-7-14(19-18-11)17-15(21)13-6-9-5-10(16)3-4-12(9)22-13/h3-7H,8H2,1-2H3,(H2,17,18,19,21). The smallest absolute Gasteiger partial charge is 0.292 e. The van der Waals surface area contributed by atoms with Gasteiger partial charge in [0.2, 0.25) is 0 Å². The fourth-order valence-electron chi connectivity index (χ4n) is 2.15. The molecule has 2 N–H and O–H groups in total. The summed E-state index contributed by atoms with van der Waals surface area (Å²) in [6.07, 6.45) is 0. The van der Waals surface area contributed by atoms with Crippen LogP contribution in [0, 0.1) is 0 Å². The molecule has 2 aromatic heterocycles. The number of H-pyrrole nitrogens is 1. The van der Waals surface area contributed by atoms with Gasteiger partial charge >= 0.3 is 0 Å². The molecule has 0 spiro atoms. The Balaban J connectivity index is 1.76. The Labute approximate surface area is 135 Å². The van der Waals surface area contributed by atoms with Crippen molar-refractivity contribution in [2.45, 2.75) is 6.54 Å². The Kier molecular flexibility index (Phi) is 4.00.